The first-order valence-electron chi connectivity index (χ1n) is 6.81. The third kappa shape index (κ3) is 4.59. The summed E-state index contributed by atoms with van der Waals surface area (Å²) in [5.74, 6) is -7.35. The van der Waals surface area contributed by atoms with Gasteiger partial charge in [0.05, 0.1) is 18.8 Å². The summed E-state index contributed by atoms with van der Waals surface area (Å²) < 4.78 is 4.82. The lowest BCUT2D eigenvalue weighted by Gasteiger charge is -2.44. The van der Waals surface area contributed by atoms with Crippen LogP contribution in [0.5, 0.6) is 0 Å². The number of carbonyl (C=O) groups excluding carboxylic acids is 1. The Hall–Kier alpha value is -1.83. The molecule has 138 valence electrons. The van der Waals surface area contributed by atoms with E-state index in [-0.39, 0.29) is 0 Å². The summed E-state index contributed by atoms with van der Waals surface area (Å²) in [6.07, 6.45) is -9.28. The zero-order chi connectivity index (χ0) is 18.7. The smallest absolute Gasteiger partial charge is 0.364 e. The summed E-state index contributed by atoms with van der Waals surface area (Å²) in [4.78, 5) is 33.1. The highest BCUT2D eigenvalue weighted by atomic mass is 16.7. The maximum atomic E-state index is 11.5. The fraction of sp³-hybridized carbons (Fsp3) is 0.750. The van der Waals surface area contributed by atoms with Gasteiger partial charge in [0.25, 0.3) is 5.79 Å². The van der Waals surface area contributed by atoms with Crippen LogP contribution < -0.4 is 5.32 Å². The lowest BCUT2D eigenvalue weighted by molar-refractivity contribution is -0.295. The normalized spacial score (nSPS) is 32.6. The number of aliphatic carboxylic acids is 2. The molecule has 12 nitrogen and oxygen atoms in total. The van der Waals surface area contributed by atoms with Crippen LogP contribution in [0, 0.1) is 0 Å². The first-order valence-corrected chi connectivity index (χ1v) is 6.81. The molecule has 12 heteroatoms. The molecule has 8 N–H and O–H groups in total. The molecule has 3 unspecified atom stereocenters. The molecule has 0 radical (unpaired) electrons. The minimum Gasteiger partial charge on any atom is -0.481 e. The second-order valence-electron chi connectivity index (χ2n) is 5.35. The number of aliphatic hydroxyl groups excluding tert-OH is 4. The van der Waals surface area contributed by atoms with Crippen LogP contribution in [-0.4, -0.2) is 96.4 Å². The van der Waals surface area contributed by atoms with Gasteiger partial charge in [-0.25, -0.2) is 4.79 Å². The van der Waals surface area contributed by atoms with E-state index in [1.54, 1.807) is 0 Å². The predicted octanol–water partition coefficient (Wildman–Crippen LogP) is -4.42. The number of rotatable bonds is 7. The van der Waals surface area contributed by atoms with Crippen molar-refractivity contribution in [3.63, 3.8) is 0 Å². The molecule has 0 bridgehead atoms. The summed E-state index contributed by atoms with van der Waals surface area (Å²) in [5, 5.41) is 67.6. The van der Waals surface area contributed by atoms with E-state index in [1.807, 2.05) is 5.32 Å². The van der Waals surface area contributed by atoms with Crippen molar-refractivity contribution in [2.45, 2.75) is 49.1 Å². The minimum atomic E-state index is -2.91. The van der Waals surface area contributed by atoms with Gasteiger partial charge in [0.1, 0.15) is 24.7 Å². The average molecular weight is 353 g/mol. The van der Waals surface area contributed by atoms with E-state index >= 15 is 0 Å². The number of hydrogen-bond donors (Lipinski definition) is 8. The van der Waals surface area contributed by atoms with Gasteiger partial charge in [-0.05, 0) is 0 Å². The van der Waals surface area contributed by atoms with E-state index < -0.39 is 73.5 Å². The molecule has 0 spiro atoms. The third-order valence-electron chi connectivity index (χ3n) is 3.48. The predicted molar refractivity (Wildman–Crippen MR) is 71.4 cm³/mol. The SMILES string of the molecule is O=C(O)CC(=O)NC1C([C@H](O)[C@H](O)CO)OC(O)(C(=O)O)C[C@H]1O. The van der Waals surface area contributed by atoms with Crippen LogP contribution in [0.4, 0.5) is 0 Å². The Morgan fingerprint density at radius 3 is 2.29 bits per heavy atom. The second-order valence-corrected chi connectivity index (χ2v) is 5.35. The molecular weight excluding hydrogens is 334 g/mol. The Labute approximate surface area is 134 Å². The molecule has 1 aliphatic heterocycles. The number of ether oxygens (including phenoxy) is 1. The van der Waals surface area contributed by atoms with Crippen molar-refractivity contribution in [3.8, 4) is 0 Å². The zero-order valence-corrected chi connectivity index (χ0v) is 12.3. The molecule has 0 aromatic carbocycles. The van der Waals surface area contributed by atoms with Gasteiger partial charge in [0, 0.05) is 6.42 Å². The van der Waals surface area contributed by atoms with Crippen LogP contribution in [-0.2, 0) is 19.1 Å². The number of hydrogen-bond acceptors (Lipinski definition) is 9. The lowest BCUT2D eigenvalue weighted by Crippen LogP contribution is -2.67. The highest BCUT2D eigenvalue weighted by Crippen LogP contribution is 2.30. The van der Waals surface area contributed by atoms with Crippen LogP contribution in [0.15, 0.2) is 0 Å². The van der Waals surface area contributed by atoms with Gasteiger partial charge in [-0.3, -0.25) is 9.59 Å². The van der Waals surface area contributed by atoms with Gasteiger partial charge >= 0.3 is 11.9 Å². The fourth-order valence-electron chi connectivity index (χ4n) is 2.28. The van der Waals surface area contributed by atoms with Crippen molar-refractivity contribution in [1.82, 2.24) is 5.32 Å². The van der Waals surface area contributed by atoms with Gasteiger partial charge in [-0.1, -0.05) is 0 Å². The molecule has 1 fully saturated rings. The average Bonchev–Trinajstić information content (AvgIpc) is 2.47. The molecule has 1 amide bonds. The number of carbonyl (C=O) groups is 3. The zero-order valence-electron chi connectivity index (χ0n) is 12.3. The molecule has 1 rings (SSSR count). The summed E-state index contributed by atoms with van der Waals surface area (Å²) in [6.45, 7) is -0.960. The molecule has 0 aliphatic carbocycles. The standard InChI is InChI=1S/C12H19NO11/c14-3-5(16)9(20)10-8(13-6(17)1-7(18)19)4(15)2-12(23,24-10)11(21)22/h4-5,8-10,14-16,20,23H,1-3H2,(H,13,17)(H,18,19)(H,21,22)/t4-,5-,8?,9-,10?,12?/m1/s1. The summed E-state index contributed by atoms with van der Waals surface area (Å²) in [5.41, 5.74) is 0. The first-order chi connectivity index (χ1) is 11.0. The van der Waals surface area contributed by atoms with E-state index in [1.165, 1.54) is 0 Å². The maximum absolute atomic E-state index is 11.5. The first kappa shape index (κ1) is 20.2. The molecule has 24 heavy (non-hydrogen) atoms. The topological polar surface area (TPSA) is 214 Å². The highest BCUT2D eigenvalue weighted by Gasteiger charge is 2.54. The minimum absolute atomic E-state index is 0.890. The van der Waals surface area contributed by atoms with E-state index in [0.29, 0.717) is 0 Å². The second kappa shape index (κ2) is 7.83. The number of carboxylic acid groups (broad SMARTS) is 2. The number of aliphatic hydroxyl groups is 5. The van der Waals surface area contributed by atoms with Crippen LogP contribution in [0.3, 0.4) is 0 Å². The Morgan fingerprint density at radius 2 is 1.83 bits per heavy atom. The largest absolute Gasteiger partial charge is 0.481 e. The molecule has 0 aromatic rings. The summed E-state index contributed by atoms with van der Waals surface area (Å²) >= 11 is 0. The van der Waals surface area contributed by atoms with Crippen molar-refractivity contribution < 1.29 is 54.9 Å². The highest BCUT2D eigenvalue weighted by molar-refractivity contribution is 5.93. The van der Waals surface area contributed by atoms with Crippen LogP contribution >= 0.6 is 0 Å². The van der Waals surface area contributed by atoms with Gasteiger partial charge in [0.2, 0.25) is 5.91 Å². The Kier molecular flexibility index (Phi) is 6.59. The van der Waals surface area contributed by atoms with E-state index in [2.05, 4.69) is 0 Å². The molecular formula is C12H19NO11. The van der Waals surface area contributed by atoms with Crippen LogP contribution in [0.1, 0.15) is 12.8 Å². The third-order valence-corrected chi connectivity index (χ3v) is 3.48. The molecule has 1 saturated heterocycles. The van der Waals surface area contributed by atoms with E-state index in [0.717, 1.165) is 0 Å². The van der Waals surface area contributed by atoms with Crippen molar-refractivity contribution in [3.05, 3.63) is 0 Å². The number of carboxylic acids is 2. The Balaban J connectivity index is 3.06. The number of nitrogens with one attached hydrogen (secondary N) is 1. The van der Waals surface area contributed by atoms with Gasteiger partial charge in [-0.15, -0.1) is 0 Å². The fourth-order valence-corrected chi connectivity index (χ4v) is 2.28. The lowest BCUT2D eigenvalue weighted by atomic mass is 9.88. The molecule has 1 aliphatic rings. The van der Waals surface area contributed by atoms with Gasteiger partial charge in [0.15, 0.2) is 0 Å². The van der Waals surface area contributed by atoms with E-state index in [9.17, 15) is 34.8 Å². The maximum Gasteiger partial charge on any atom is 0.364 e. The molecule has 0 saturated carbocycles. The van der Waals surface area contributed by atoms with E-state index in [4.69, 9.17) is 20.1 Å². The van der Waals surface area contributed by atoms with Crippen molar-refractivity contribution in [2.24, 2.45) is 0 Å². The Bertz CT molecular complexity index is 497. The van der Waals surface area contributed by atoms with Gasteiger partial charge < -0.3 is 45.8 Å². The quantitative estimate of drug-likeness (QED) is 0.204. The molecule has 6 atom stereocenters. The monoisotopic (exact) mass is 353 g/mol. The van der Waals surface area contributed by atoms with Crippen molar-refractivity contribution in [2.75, 3.05) is 6.61 Å². The molecule has 1 heterocycles. The van der Waals surface area contributed by atoms with Crippen LogP contribution in [0.25, 0.3) is 0 Å². The van der Waals surface area contributed by atoms with Crippen molar-refractivity contribution in [1.29, 1.82) is 0 Å². The van der Waals surface area contributed by atoms with Crippen LogP contribution in [0.2, 0.25) is 0 Å². The summed E-state index contributed by atoms with van der Waals surface area (Å²) in [7, 11) is 0. The summed E-state index contributed by atoms with van der Waals surface area (Å²) in [6, 6.07) is -1.53. The number of amides is 1. The van der Waals surface area contributed by atoms with Crippen molar-refractivity contribution >= 4 is 17.8 Å². The van der Waals surface area contributed by atoms with Gasteiger partial charge in [-0.2, -0.15) is 0 Å². The Morgan fingerprint density at radius 1 is 1.25 bits per heavy atom. The molecule has 0 aromatic heterocycles.